The summed E-state index contributed by atoms with van der Waals surface area (Å²) in [5, 5.41) is 10.5. The first-order chi connectivity index (χ1) is 5.83. The Balaban J connectivity index is 2.05. The quantitative estimate of drug-likeness (QED) is 0.476. The summed E-state index contributed by atoms with van der Waals surface area (Å²) in [7, 11) is 0. The molecular weight excluding hydrogens is 156 g/mol. The lowest BCUT2D eigenvalue weighted by Crippen LogP contribution is -2.42. The van der Waals surface area contributed by atoms with E-state index >= 15 is 0 Å². The molecule has 4 heteroatoms. The monoisotopic (exact) mass is 174 g/mol. The first kappa shape index (κ1) is 9.92. The van der Waals surface area contributed by atoms with Crippen molar-refractivity contribution in [3.8, 4) is 0 Å². The van der Waals surface area contributed by atoms with Crippen LogP contribution in [0, 0.1) is 0 Å². The van der Waals surface area contributed by atoms with Gasteiger partial charge in [0.15, 0.2) is 13.1 Å². The zero-order valence-electron chi connectivity index (χ0n) is 7.70. The molecule has 1 N–H and O–H groups in total. The van der Waals surface area contributed by atoms with Crippen molar-refractivity contribution in [1.82, 2.24) is 9.96 Å². The van der Waals surface area contributed by atoms with Crippen LogP contribution in [0.5, 0.6) is 0 Å². The van der Waals surface area contributed by atoms with Gasteiger partial charge in [0, 0.05) is 13.1 Å². The maximum absolute atomic E-state index is 9.16. The van der Waals surface area contributed by atoms with E-state index in [0.29, 0.717) is 6.54 Å². The summed E-state index contributed by atoms with van der Waals surface area (Å²) in [5.74, 6) is 0. The van der Waals surface area contributed by atoms with Crippen LogP contribution in [-0.4, -0.2) is 56.0 Å². The highest BCUT2D eigenvalue weighted by Gasteiger charge is 2.14. The van der Waals surface area contributed by atoms with Gasteiger partial charge >= 0.3 is 0 Å². The molecule has 4 nitrogen and oxygen atoms in total. The topological polar surface area (TPSA) is 38.6 Å². The maximum Gasteiger partial charge on any atom is 0.172 e. The van der Waals surface area contributed by atoms with Crippen LogP contribution in [0.1, 0.15) is 6.92 Å². The van der Waals surface area contributed by atoms with Gasteiger partial charge in [-0.3, -0.25) is 4.90 Å². The summed E-state index contributed by atoms with van der Waals surface area (Å²) in [4.78, 5) is 2.31. The van der Waals surface area contributed by atoms with Gasteiger partial charge < -0.3 is 4.74 Å². The van der Waals surface area contributed by atoms with E-state index in [0.717, 1.165) is 39.4 Å². The second kappa shape index (κ2) is 5.48. The minimum atomic E-state index is 0.699. The van der Waals surface area contributed by atoms with Crippen molar-refractivity contribution in [2.24, 2.45) is 0 Å². The SMILES string of the molecule is CC[N+](O)CCN1CCOCC1. The Kier molecular flexibility index (Phi) is 4.53. The zero-order chi connectivity index (χ0) is 8.81. The molecule has 0 unspecified atom stereocenters. The maximum atomic E-state index is 9.16. The van der Waals surface area contributed by atoms with E-state index in [1.54, 1.807) is 0 Å². The lowest BCUT2D eigenvalue weighted by atomic mass is 10.4. The first-order valence-electron chi connectivity index (χ1n) is 4.57. The summed E-state index contributed by atoms with van der Waals surface area (Å²) >= 11 is 0. The van der Waals surface area contributed by atoms with Crippen LogP contribution in [0.2, 0.25) is 0 Å². The van der Waals surface area contributed by atoms with Crippen molar-refractivity contribution in [2.75, 3.05) is 45.9 Å². The summed E-state index contributed by atoms with van der Waals surface area (Å²) in [5.41, 5.74) is 0. The van der Waals surface area contributed by atoms with Crippen LogP contribution >= 0.6 is 0 Å². The molecule has 0 atom stereocenters. The molecule has 0 aromatic rings. The van der Waals surface area contributed by atoms with Crippen LogP contribution in [-0.2, 0) is 4.74 Å². The Morgan fingerprint density at radius 2 is 2.08 bits per heavy atom. The van der Waals surface area contributed by atoms with Crippen molar-refractivity contribution in [2.45, 2.75) is 6.92 Å². The van der Waals surface area contributed by atoms with Gasteiger partial charge in [0.05, 0.1) is 19.8 Å². The molecule has 0 aromatic carbocycles. The average Bonchev–Trinajstić information content (AvgIpc) is 2.16. The van der Waals surface area contributed by atoms with Gasteiger partial charge in [0.2, 0.25) is 0 Å². The largest absolute Gasteiger partial charge is 0.379 e. The molecule has 1 radical (unpaired) electrons. The number of nitrogens with zero attached hydrogens (tertiary/aromatic N) is 2. The van der Waals surface area contributed by atoms with Crippen molar-refractivity contribution in [3.05, 3.63) is 0 Å². The minimum Gasteiger partial charge on any atom is -0.379 e. The highest BCUT2D eigenvalue weighted by molar-refractivity contribution is 4.63. The summed E-state index contributed by atoms with van der Waals surface area (Å²) < 4.78 is 5.22. The van der Waals surface area contributed by atoms with Crippen molar-refractivity contribution in [3.63, 3.8) is 0 Å². The second-order valence-corrected chi connectivity index (χ2v) is 3.00. The molecule has 0 aromatic heterocycles. The third-order valence-electron chi connectivity index (χ3n) is 2.14. The van der Waals surface area contributed by atoms with E-state index in [1.807, 2.05) is 6.92 Å². The summed E-state index contributed by atoms with van der Waals surface area (Å²) in [6, 6.07) is 0. The standard InChI is InChI=1S/C8H18N2O2/c1-2-10(11)4-3-9-5-7-12-8-6-9/h11H,2-8H2,1H3/q+1. The minimum absolute atomic E-state index is 0.699. The molecule has 71 valence electrons. The Bertz CT molecular complexity index is 116. The molecule has 1 heterocycles. The van der Waals surface area contributed by atoms with Gasteiger partial charge in [-0.2, -0.15) is 5.21 Å². The van der Waals surface area contributed by atoms with E-state index in [1.165, 1.54) is 5.06 Å². The second-order valence-electron chi connectivity index (χ2n) is 3.00. The van der Waals surface area contributed by atoms with Gasteiger partial charge in [-0.05, 0) is 12.0 Å². The zero-order valence-corrected chi connectivity index (χ0v) is 7.70. The van der Waals surface area contributed by atoms with Crippen LogP contribution in [0.4, 0.5) is 0 Å². The highest BCUT2D eigenvalue weighted by atomic mass is 16.5. The van der Waals surface area contributed by atoms with Crippen molar-refractivity contribution in [1.29, 1.82) is 0 Å². The lowest BCUT2D eigenvalue weighted by Gasteiger charge is -2.25. The van der Waals surface area contributed by atoms with Gasteiger partial charge in [-0.15, -0.1) is 0 Å². The number of ether oxygens (including phenoxy) is 1. The molecule has 1 saturated heterocycles. The fourth-order valence-electron chi connectivity index (χ4n) is 1.24. The van der Waals surface area contributed by atoms with E-state index in [4.69, 9.17) is 9.94 Å². The van der Waals surface area contributed by atoms with Crippen LogP contribution < -0.4 is 5.06 Å². The number of hydroxylamine groups is 2. The fraction of sp³-hybridized carbons (Fsp3) is 1.00. The molecule has 0 aliphatic carbocycles. The van der Waals surface area contributed by atoms with Gasteiger partial charge in [-0.25, -0.2) is 0 Å². The molecule has 0 bridgehead atoms. The molecule has 0 amide bonds. The molecule has 0 spiro atoms. The molecule has 12 heavy (non-hydrogen) atoms. The third kappa shape index (κ3) is 3.49. The van der Waals surface area contributed by atoms with Crippen molar-refractivity contribution < 1.29 is 9.94 Å². The molecule has 1 rings (SSSR count). The number of hydrogen-bond acceptors (Lipinski definition) is 4. The fourth-order valence-corrected chi connectivity index (χ4v) is 1.24. The van der Waals surface area contributed by atoms with Crippen LogP contribution in [0.15, 0.2) is 0 Å². The Morgan fingerprint density at radius 1 is 1.42 bits per heavy atom. The molecule has 1 fully saturated rings. The average molecular weight is 174 g/mol. The molecule has 0 saturated carbocycles. The van der Waals surface area contributed by atoms with Crippen LogP contribution in [0.3, 0.4) is 0 Å². The first-order valence-corrected chi connectivity index (χ1v) is 4.57. The number of rotatable bonds is 4. The molecule has 1 aliphatic rings. The highest BCUT2D eigenvalue weighted by Crippen LogP contribution is 1.95. The number of hydrogen-bond donors (Lipinski definition) is 1. The molecular formula is C8H18N2O2+. The van der Waals surface area contributed by atoms with Gasteiger partial charge in [-0.1, -0.05) is 0 Å². The molecule has 1 aliphatic heterocycles. The van der Waals surface area contributed by atoms with Crippen molar-refractivity contribution >= 4 is 0 Å². The Hall–Kier alpha value is -0.160. The van der Waals surface area contributed by atoms with Gasteiger partial charge in [0.1, 0.15) is 0 Å². The Labute approximate surface area is 73.7 Å². The normalized spacial score (nSPS) is 20.2. The van der Waals surface area contributed by atoms with Gasteiger partial charge in [0.25, 0.3) is 0 Å². The van der Waals surface area contributed by atoms with E-state index in [2.05, 4.69) is 4.90 Å². The Morgan fingerprint density at radius 3 is 2.67 bits per heavy atom. The lowest BCUT2D eigenvalue weighted by molar-refractivity contribution is -0.00579. The summed E-state index contributed by atoms with van der Waals surface area (Å²) in [6.45, 7) is 7.97. The van der Waals surface area contributed by atoms with E-state index < -0.39 is 0 Å². The summed E-state index contributed by atoms with van der Waals surface area (Å²) in [6.07, 6.45) is 0. The smallest absolute Gasteiger partial charge is 0.172 e. The predicted molar refractivity (Wildman–Crippen MR) is 46.6 cm³/mol. The van der Waals surface area contributed by atoms with Crippen LogP contribution in [0.25, 0.3) is 0 Å². The van der Waals surface area contributed by atoms with E-state index in [9.17, 15) is 0 Å². The predicted octanol–water partition coefficient (Wildman–Crippen LogP) is -0.132. The third-order valence-corrected chi connectivity index (χ3v) is 2.14. The van der Waals surface area contributed by atoms with E-state index in [-0.39, 0.29) is 0 Å². The number of morpholine rings is 1. The number of likely N-dealkylation sites (N-methyl/N-ethyl adjacent to an activating group) is 1.